The summed E-state index contributed by atoms with van der Waals surface area (Å²) in [6, 6.07) is 13.0. The van der Waals surface area contributed by atoms with E-state index in [0.29, 0.717) is 44.9 Å². The number of nitrogens with one attached hydrogen (secondary N) is 1. The number of aromatic nitrogens is 4. The van der Waals surface area contributed by atoms with Crippen LogP contribution in [0.25, 0.3) is 22.3 Å². The van der Waals surface area contributed by atoms with Crippen LogP contribution in [0.5, 0.6) is 0 Å². The zero-order chi connectivity index (χ0) is 29.7. The molecule has 4 aromatic rings. The third-order valence-electron chi connectivity index (χ3n) is 9.37. The van der Waals surface area contributed by atoms with Gasteiger partial charge in [0.2, 0.25) is 0 Å². The second-order valence-electron chi connectivity index (χ2n) is 12.2. The number of amidine groups is 2. The maximum Gasteiger partial charge on any atom is 0.285 e. The van der Waals surface area contributed by atoms with E-state index in [2.05, 4.69) is 49.5 Å². The van der Waals surface area contributed by atoms with Crippen molar-refractivity contribution in [2.24, 2.45) is 15.7 Å². The van der Waals surface area contributed by atoms with Gasteiger partial charge in [0.25, 0.3) is 12.0 Å². The van der Waals surface area contributed by atoms with Crippen LogP contribution in [-0.2, 0) is 28.7 Å². The fourth-order valence-corrected chi connectivity index (χ4v) is 7.23. The molecule has 4 atom stereocenters. The first-order valence-electron chi connectivity index (χ1n) is 14.9. The van der Waals surface area contributed by atoms with Gasteiger partial charge in [-0.25, -0.2) is 29.9 Å². The molecule has 2 aromatic carbocycles. The lowest BCUT2D eigenvalue weighted by atomic mass is 9.74. The lowest BCUT2D eigenvalue weighted by Gasteiger charge is -2.38. The molecule has 4 aliphatic rings. The van der Waals surface area contributed by atoms with Crippen LogP contribution in [0.4, 0.5) is 0 Å². The molecule has 4 N–H and O–H groups in total. The van der Waals surface area contributed by atoms with Crippen molar-refractivity contribution < 1.29 is 14.6 Å². The first-order chi connectivity index (χ1) is 21.5. The normalized spacial score (nSPS) is 28.0. The second kappa shape index (κ2) is 10.4. The minimum Gasteiger partial charge on any atom is -0.463 e. The van der Waals surface area contributed by atoms with Gasteiger partial charge in [-0.3, -0.25) is 0 Å². The SMILES string of the molecule is NC1=N[C@]2(CO1)Cc1cc(-c3cncnc3)ccc1CC(N=C1N[C@]3(CCc4c(-c5cncnc5)cccc4C3O)CO1)C2. The van der Waals surface area contributed by atoms with Crippen molar-refractivity contribution in [1.82, 2.24) is 25.3 Å². The van der Waals surface area contributed by atoms with E-state index in [1.54, 1.807) is 0 Å². The standard InChI is InChI=1S/C33H32N8O3/c34-30-40-32(16-43-30)10-22-8-20(23-12-35-18-36-13-23)4-5-21(22)9-25(11-32)39-31-41-33(17-44-31)7-6-27-26(24-14-37-19-38-15-24)2-1-3-28(27)29(33)42/h1-5,8,12-15,18-19,25,29,42H,6-7,9-11,16-17H2,(H2,34,40)(H,39,41)/t25?,29?,32-,33-/m1/s1. The molecule has 8 rings (SSSR count). The molecule has 1 fully saturated rings. The Balaban J connectivity index is 1.08. The first kappa shape index (κ1) is 26.7. The molecule has 11 nitrogen and oxygen atoms in total. The van der Waals surface area contributed by atoms with Gasteiger partial charge in [-0.15, -0.1) is 0 Å². The molecular weight excluding hydrogens is 556 g/mol. The van der Waals surface area contributed by atoms with Crippen LogP contribution >= 0.6 is 0 Å². The minimum atomic E-state index is -0.766. The van der Waals surface area contributed by atoms with Crippen molar-refractivity contribution in [3.05, 3.63) is 96.1 Å². The van der Waals surface area contributed by atoms with E-state index >= 15 is 0 Å². The van der Waals surface area contributed by atoms with E-state index < -0.39 is 17.2 Å². The van der Waals surface area contributed by atoms with Gasteiger partial charge in [0.15, 0.2) is 0 Å². The summed E-state index contributed by atoms with van der Waals surface area (Å²) in [5.74, 6) is 0. The highest BCUT2D eigenvalue weighted by atomic mass is 16.5. The quantitative estimate of drug-likeness (QED) is 0.328. The number of hydrogen-bond donors (Lipinski definition) is 3. The van der Waals surface area contributed by atoms with Crippen LogP contribution in [0.2, 0.25) is 0 Å². The fourth-order valence-electron chi connectivity index (χ4n) is 7.23. The van der Waals surface area contributed by atoms with Crippen molar-refractivity contribution in [3.8, 4) is 22.3 Å². The molecule has 2 aliphatic carbocycles. The summed E-state index contributed by atoms with van der Waals surface area (Å²) in [7, 11) is 0. The number of benzene rings is 2. The Morgan fingerprint density at radius 1 is 0.909 bits per heavy atom. The van der Waals surface area contributed by atoms with Crippen molar-refractivity contribution in [2.45, 2.75) is 55.3 Å². The van der Waals surface area contributed by atoms with Gasteiger partial charge >= 0.3 is 0 Å². The van der Waals surface area contributed by atoms with Crippen molar-refractivity contribution in [2.75, 3.05) is 13.2 Å². The number of nitrogens with two attached hydrogens (primary N) is 1. The topological polar surface area (TPSA) is 153 Å². The van der Waals surface area contributed by atoms with Gasteiger partial charge in [0, 0.05) is 42.3 Å². The Morgan fingerprint density at radius 3 is 2.48 bits per heavy atom. The van der Waals surface area contributed by atoms with Crippen LogP contribution in [-0.4, -0.2) is 67.4 Å². The van der Waals surface area contributed by atoms with Crippen molar-refractivity contribution in [3.63, 3.8) is 0 Å². The number of aliphatic hydroxyl groups is 1. The van der Waals surface area contributed by atoms with Crippen LogP contribution in [0.1, 0.15) is 41.2 Å². The van der Waals surface area contributed by atoms with Gasteiger partial charge in [0.05, 0.1) is 6.04 Å². The number of fused-ring (bicyclic) bond motifs is 2. The van der Waals surface area contributed by atoms with E-state index in [4.69, 9.17) is 25.2 Å². The first-order valence-corrected chi connectivity index (χ1v) is 14.9. The van der Waals surface area contributed by atoms with E-state index in [-0.39, 0.29) is 12.1 Å². The molecule has 2 spiro atoms. The highest BCUT2D eigenvalue weighted by Gasteiger charge is 2.49. The summed E-state index contributed by atoms with van der Waals surface area (Å²) in [6.45, 7) is 0.733. The van der Waals surface area contributed by atoms with Gasteiger partial charge in [-0.1, -0.05) is 36.4 Å². The number of nitrogens with zero attached hydrogens (tertiary/aromatic N) is 6. The second-order valence-corrected chi connectivity index (χ2v) is 12.2. The number of ether oxygens (including phenoxy) is 2. The minimum absolute atomic E-state index is 0.129. The third-order valence-corrected chi connectivity index (χ3v) is 9.37. The molecule has 2 aliphatic heterocycles. The van der Waals surface area contributed by atoms with Crippen LogP contribution in [0.15, 0.2) is 83.8 Å². The summed E-state index contributed by atoms with van der Waals surface area (Å²) in [4.78, 5) is 26.6. The molecule has 4 heterocycles. The molecule has 0 bridgehead atoms. The summed E-state index contributed by atoms with van der Waals surface area (Å²) < 4.78 is 11.9. The molecule has 44 heavy (non-hydrogen) atoms. The highest BCUT2D eigenvalue weighted by molar-refractivity contribution is 5.78. The van der Waals surface area contributed by atoms with Crippen molar-refractivity contribution in [1.29, 1.82) is 0 Å². The third kappa shape index (κ3) is 4.64. The number of aliphatic hydroxyl groups excluding tert-OH is 1. The molecular formula is C33H32N8O3. The van der Waals surface area contributed by atoms with Crippen LogP contribution in [0, 0.1) is 0 Å². The molecule has 2 unspecified atom stereocenters. The molecule has 0 saturated carbocycles. The molecule has 0 radical (unpaired) electrons. The molecule has 2 aromatic heterocycles. The molecule has 11 heteroatoms. The number of aliphatic imine (C=N–C) groups is 2. The van der Waals surface area contributed by atoms with Crippen LogP contribution < -0.4 is 11.1 Å². The van der Waals surface area contributed by atoms with Crippen LogP contribution in [0.3, 0.4) is 0 Å². The van der Waals surface area contributed by atoms with Gasteiger partial charge in [-0.05, 0) is 59.1 Å². The van der Waals surface area contributed by atoms with Gasteiger partial charge in [-0.2, -0.15) is 0 Å². The highest BCUT2D eigenvalue weighted by Crippen LogP contribution is 2.43. The van der Waals surface area contributed by atoms with E-state index in [1.165, 1.54) is 23.8 Å². The van der Waals surface area contributed by atoms with Gasteiger partial charge < -0.3 is 25.6 Å². The Kier molecular flexibility index (Phi) is 6.30. The smallest absolute Gasteiger partial charge is 0.285 e. The summed E-state index contributed by atoms with van der Waals surface area (Å²) in [5, 5.41) is 15.2. The Hall–Kier alpha value is -4.90. The fraction of sp³-hybridized carbons (Fsp3) is 0.333. The van der Waals surface area contributed by atoms with E-state index in [0.717, 1.165) is 39.8 Å². The average molecular weight is 589 g/mol. The Bertz CT molecular complexity index is 1780. The lowest BCUT2D eigenvalue weighted by Crippen LogP contribution is -2.51. The Morgan fingerprint density at radius 2 is 1.70 bits per heavy atom. The monoisotopic (exact) mass is 588 g/mol. The zero-order valence-corrected chi connectivity index (χ0v) is 24.1. The summed E-state index contributed by atoms with van der Waals surface area (Å²) >= 11 is 0. The Labute approximate surface area is 254 Å². The predicted molar refractivity (Wildman–Crippen MR) is 164 cm³/mol. The molecule has 1 saturated heterocycles. The maximum atomic E-state index is 11.7. The van der Waals surface area contributed by atoms with E-state index in [9.17, 15) is 5.11 Å². The number of hydrogen-bond acceptors (Lipinski definition) is 10. The molecule has 0 amide bonds. The average Bonchev–Trinajstić information content (AvgIpc) is 3.58. The zero-order valence-electron chi connectivity index (χ0n) is 24.1. The van der Waals surface area contributed by atoms with Gasteiger partial charge in [0.1, 0.15) is 43.1 Å². The lowest BCUT2D eigenvalue weighted by molar-refractivity contribution is 0.0473. The number of rotatable bonds is 3. The predicted octanol–water partition coefficient (Wildman–Crippen LogP) is 2.94. The van der Waals surface area contributed by atoms with Crippen molar-refractivity contribution >= 4 is 12.0 Å². The summed E-state index contributed by atoms with van der Waals surface area (Å²) in [6.07, 6.45) is 13.1. The summed E-state index contributed by atoms with van der Waals surface area (Å²) in [5.41, 5.74) is 13.3. The molecule has 222 valence electrons. The largest absolute Gasteiger partial charge is 0.463 e. The maximum absolute atomic E-state index is 11.7. The van der Waals surface area contributed by atoms with E-state index in [1.807, 2.05) is 36.9 Å².